The van der Waals surface area contributed by atoms with Gasteiger partial charge in [-0.05, 0) is 17.5 Å². The Morgan fingerprint density at radius 1 is 1.21 bits per heavy atom. The summed E-state index contributed by atoms with van der Waals surface area (Å²) in [5.41, 5.74) is -0.423. The van der Waals surface area contributed by atoms with Gasteiger partial charge >= 0.3 is 0 Å². The van der Waals surface area contributed by atoms with Gasteiger partial charge in [0.1, 0.15) is 0 Å². The van der Waals surface area contributed by atoms with Gasteiger partial charge in [0.25, 0.3) is 5.91 Å². The van der Waals surface area contributed by atoms with E-state index in [2.05, 4.69) is 5.32 Å². The molecule has 4 heteroatoms. The first-order chi connectivity index (χ1) is 8.88. The van der Waals surface area contributed by atoms with Crippen LogP contribution in [0.5, 0.6) is 0 Å². The third-order valence-corrected chi connectivity index (χ3v) is 4.01. The van der Waals surface area contributed by atoms with Gasteiger partial charge in [0, 0.05) is 10.1 Å². The fourth-order valence-corrected chi connectivity index (χ4v) is 2.59. The van der Waals surface area contributed by atoms with E-state index in [9.17, 15) is 9.59 Å². The van der Waals surface area contributed by atoms with Gasteiger partial charge in [-0.15, -0.1) is 11.3 Å². The van der Waals surface area contributed by atoms with E-state index in [0.29, 0.717) is 4.88 Å². The molecule has 0 spiro atoms. The van der Waals surface area contributed by atoms with Crippen molar-refractivity contribution < 1.29 is 9.59 Å². The molecule has 100 valence electrons. The fourth-order valence-electron chi connectivity index (χ4n) is 1.61. The standard InChI is InChI=1S/C15H17NO2S/c1-15(2,3)13(17)9-16-14(18)12-8-10-6-4-5-7-11(10)19-12/h4-8H,9H2,1-3H3,(H,16,18). The number of carbonyl (C=O) groups is 2. The quantitative estimate of drug-likeness (QED) is 0.934. The van der Waals surface area contributed by atoms with Gasteiger partial charge in [-0.3, -0.25) is 9.59 Å². The highest BCUT2D eigenvalue weighted by Gasteiger charge is 2.21. The number of hydrogen-bond acceptors (Lipinski definition) is 3. The summed E-state index contributed by atoms with van der Waals surface area (Å²) in [7, 11) is 0. The van der Waals surface area contributed by atoms with Crippen LogP contribution in [0.25, 0.3) is 10.1 Å². The third kappa shape index (κ3) is 3.20. The lowest BCUT2D eigenvalue weighted by Gasteiger charge is -2.16. The molecule has 0 saturated carbocycles. The van der Waals surface area contributed by atoms with Gasteiger partial charge in [0.05, 0.1) is 11.4 Å². The first-order valence-corrected chi connectivity index (χ1v) is 6.99. The maximum absolute atomic E-state index is 12.0. The number of rotatable bonds is 3. The molecule has 19 heavy (non-hydrogen) atoms. The monoisotopic (exact) mass is 275 g/mol. The Kier molecular flexibility index (Phi) is 3.71. The van der Waals surface area contributed by atoms with Crippen LogP contribution in [0.4, 0.5) is 0 Å². The van der Waals surface area contributed by atoms with Crippen LogP contribution in [0.1, 0.15) is 30.4 Å². The summed E-state index contributed by atoms with van der Waals surface area (Å²) in [5, 5.41) is 3.74. The van der Waals surface area contributed by atoms with Crippen LogP contribution >= 0.6 is 11.3 Å². The molecule has 0 aliphatic heterocycles. The van der Waals surface area contributed by atoms with E-state index < -0.39 is 5.41 Å². The summed E-state index contributed by atoms with van der Waals surface area (Å²) in [6.45, 7) is 5.62. The molecular formula is C15H17NO2S. The number of amides is 1. The highest BCUT2D eigenvalue weighted by molar-refractivity contribution is 7.20. The maximum atomic E-state index is 12.0. The molecule has 0 atom stereocenters. The van der Waals surface area contributed by atoms with Crippen molar-refractivity contribution >= 4 is 33.1 Å². The molecule has 2 rings (SSSR count). The molecule has 0 aliphatic rings. The number of hydrogen-bond donors (Lipinski definition) is 1. The van der Waals surface area contributed by atoms with E-state index in [4.69, 9.17) is 0 Å². The third-order valence-electron chi connectivity index (χ3n) is 2.90. The van der Waals surface area contributed by atoms with Gasteiger partial charge in [-0.1, -0.05) is 39.0 Å². The summed E-state index contributed by atoms with van der Waals surface area (Å²) in [6.07, 6.45) is 0. The highest BCUT2D eigenvalue weighted by Crippen LogP contribution is 2.25. The van der Waals surface area contributed by atoms with Crippen LogP contribution in [0.3, 0.4) is 0 Å². The van der Waals surface area contributed by atoms with Crippen molar-refractivity contribution in [3.05, 3.63) is 35.2 Å². The van der Waals surface area contributed by atoms with E-state index in [1.54, 1.807) is 0 Å². The lowest BCUT2D eigenvalue weighted by atomic mass is 9.91. The van der Waals surface area contributed by atoms with Crippen molar-refractivity contribution in [2.24, 2.45) is 5.41 Å². The molecule has 0 fully saturated rings. The minimum absolute atomic E-state index is 0.0296. The topological polar surface area (TPSA) is 46.2 Å². The number of fused-ring (bicyclic) bond motifs is 1. The SMILES string of the molecule is CC(C)(C)C(=O)CNC(=O)c1cc2ccccc2s1. The van der Waals surface area contributed by atoms with E-state index in [-0.39, 0.29) is 18.2 Å². The Bertz CT molecular complexity index is 589. The van der Waals surface area contributed by atoms with Crippen molar-refractivity contribution in [3.8, 4) is 0 Å². The smallest absolute Gasteiger partial charge is 0.261 e. The molecule has 1 N–H and O–H groups in total. The minimum atomic E-state index is -0.423. The van der Waals surface area contributed by atoms with E-state index >= 15 is 0 Å². The largest absolute Gasteiger partial charge is 0.344 e. The van der Waals surface area contributed by atoms with Gasteiger partial charge < -0.3 is 5.32 Å². The summed E-state index contributed by atoms with van der Waals surface area (Å²) >= 11 is 1.44. The molecule has 0 radical (unpaired) electrons. The summed E-state index contributed by atoms with van der Waals surface area (Å²) in [4.78, 5) is 24.4. The van der Waals surface area contributed by atoms with Crippen LogP contribution in [0, 0.1) is 5.41 Å². The molecule has 1 aromatic carbocycles. The van der Waals surface area contributed by atoms with Crippen LogP contribution < -0.4 is 5.32 Å². The molecule has 1 heterocycles. The average Bonchev–Trinajstić information content (AvgIpc) is 2.78. The van der Waals surface area contributed by atoms with Gasteiger partial charge in [0.2, 0.25) is 0 Å². The van der Waals surface area contributed by atoms with E-state index in [0.717, 1.165) is 10.1 Å². The number of ketones is 1. The van der Waals surface area contributed by atoms with Crippen LogP contribution in [-0.2, 0) is 4.79 Å². The van der Waals surface area contributed by atoms with Crippen LogP contribution in [0.2, 0.25) is 0 Å². The molecule has 1 aromatic heterocycles. The first kappa shape index (κ1) is 13.7. The molecule has 0 aliphatic carbocycles. The molecule has 1 amide bonds. The predicted octanol–water partition coefficient (Wildman–Crippen LogP) is 3.25. The summed E-state index contributed by atoms with van der Waals surface area (Å²) < 4.78 is 1.08. The van der Waals surface area contributed by atoms with Crippen molar-refractivity contribution in [2.75, 3.05) is 6.54 Å². The number of carbonyl (C=O) groups excluding carboxylic acids is 2. The van der Waals surface area contributed by atoms with Crippen molar-refractivity contribution in [1.82, 2.24) is 5.32 Å². The second kappa shape index (κ2) is 5.13. The number of thiophene rings is 1. The Morgan fingerprint density at radius 2 is 1.89 bits per heavy atom. The minimum Gasteiger partial charge on any atom is -0.344 e. The molecule has 3 nitrogen and oxygen atoms in total. The number of benzene rings is 1. The average molecular weight is 275 g/mol. The van der Waals surface area contributed by atoms with Crippen LogP contribution in [0.15, 0.2) is 30.3 Å². The lowest BCUT2D eigenvalue weighted by molar-refractivity contribution is -0.125. The second-order valence-corrected chi connectivity index (χ2v) is 6.59. The zero-order valence-corrected chi connectivity index (χ0v) is 12.1. The second-order valence-electron chi connectivity index (χ2n) is 5.50. The zero-order valence-electron chi connectivity index (χ0n) is 11.3. The molecule has 0 unspecified atom stereocenters. The van der Waals surface area contributed by atoms with Crippen molar-refractivity contribution in [2.45, 2.75) is 20.8 Å². The molecule has 2 aromatic rings. The van der Waals surface area contributed by atoms with Gasteiger partial charge in [0.15, 0.2) is 5.78 Å². The van der Waals surface area contributed by atoms with E-state index in [1.807, 2.05) is 51.1 Å². The summed E-state index contributed by atoms with van der Waals surface area (Å²) in [5.74, 6) is -0.152. The Hall–Kier alpha value is -1.68. The molecular weight excluding hydrogens is 258 g/mol. The normalized spacial score (nSPS) is 11.5. The fraction of sp³-hybridized carbons (Fsp3) is 0.333. The zero-order chi connectivity index (χ0) is 14.0. The predicted molar refractivity (Wildman–Crippen MR) is 78.6 cm³/mol. The van der Waals surface area contributed by atoms with Gasteiger partial charge in [-0.2, -0.15) is 0 Å². The summed E-state index contributed by atoms with van der Waals surface area (Å²) in [6, 6.07) is 9.71. The Balaban J connectivity index is 2.06. The van der Waals surface area contributed by atoms with Gasteiger partial charge in [-0.25, -0.2) is 0 Å². The Labute approximate surface area is 116 Å². The van der Waals surface area contributed by atoms with E-state index in [1.165, 1.54) is 11.3 Å². The number of nitrogens with one attached hydrogen (secondary N) is 1. The van der Waals surface area contributed by atoms with Crippen LogP contribution in [-0.4, -0.2) is 18.2 Å². The molecule has 0 bridgehead atoms. The highest BCUT2D eigenvalue weighted by atomic mass is 32.1. The first-order valence-electron chi connectivity index (χ1n) is 6.18. The number of Topliss-reactive ketones (excluding diaryl/α,β-unsaturated/α-hetero) is 1. The molecule has 0 saturated heterocycles. The Morgan fingerprint density at radius 3 is 2.53 bits per heavy atom. The maximum Gasteiger partial charge on any atom is 0.261 e. The lowest BCUT2D eigenvalue weighted by Crippen LogP contribution is -2.35. The van der Waals surface area contributed by atoms with Crippen molar-refractivity contribution in [1.29, 1.82) is 0 Å². The van der Waals surface area contributed by atoms with Crippen molar-refractivity contribution in [3.63, 3.8) is 0 Å².